The summed E-state index contributed by atoms with van der Waals surface area (Å²) in [6.07, 6.45) is 7.59. The number of nitrogens with zero attached hydrogens (tertiary/aromatic N) is 3. The standard InChI is InChI=1S/C28H28FN5O4/c29-21-13-32-34-23(28(37)31-12-20-17-5-15-3-16(7-17)8-18(20)6-15)10-22(33-26(21)34)27(36)30-11-14-1-2-24-19(4-14)9-25(35)38-24/h1-2,4,10,13,15-18,20H,3,5-9,11-12H2,(H,30,36)(H,31,37). The lowest BCUT2D eigenvalue weighted by molar-refractivity contribution is -0.131. The SMILES string of the molecule is O=C1Cc2cc(CNC(=O)c3cc(C(=O)NCC4C5CC6CC(C5)CC4C6)n4ncc(F)c4n3)ccc2O1. The maximum atomic E-state index is 14.5. The van der Waals surface area contributed by atoms with Gasteiger partial charge in [0.15, 0.2) is 11.5 Å². The van der Waals surface area contributed by atoms with Crippen LogP contribution in [0, 0.1) is 35.4 Å². The summed E-state index contributed by atoms with van der Waals surface area (Å²) in [5.74, 6) is 2.06. The molecule has 0 unspecified atom stereocenters. The van der Waals surface area contributed by atoms with E-state index in [9.17, 15) is 18.8 Å². The first-order valence-corrected chi connectivity index (χ1v) is 13.3. The van der Waals surface area contributed by atoms with Crippen LogP contribution in [0.5, 0.6) is 5.75 Å². The second kappa shape index (κ2) is 8.89. The van der Waals surface area contributed by atoms with Crippen LogP contribution in [0.1, 0.15) is 64.2 Å². The molecule has 4 saturated carbocycles. The van der Waals surface area contributed by atoms with Crippen molar-refractivity contribution in [1.29, 1.82) is 0 Å². The molecule has 38 heavy (non-hydrogen) atoms. The van der Waals surface area contributed by atoms with E-state index in [1.807, 2.05) is 0 Å². The van der Waals surface area contributed by atoms with Crippen LogP contribution in [0.15, 0.2) is 30.5 Å². The predicted molar refractivity (Wildman–Crippen MR) is 133 cm³/mol. The Morgan fingerprint density at radius 1 is 1.03 bits per heavy atom. The Kier molecular flexibility index (Phi) is 5.45. The average molecular weight is 518 g/mol. The van der Waals surface area contributed by atoms with Gasteiger partial charge >= 0.3 is 5.97 Å². The summed E-state index contributed by atoms with van der Waals surface area (Å²) >= 11 is 0. The third-order valence-corrected chi connectivity index (χ3v) is 8.95. The molecule has 4 fully saturated rings. The zero-order chi connectivity index (χ0) is 26.0. The van der Waals surface area contributed by atoms with Crippen molar-refractivity contribution >= 4 is 23.4 Å². The Hall–Kier alpha value is -3.82. The van der Waals surface area contributed by atoms with Gasteiger partial charge in [-0.2, -0.15) is 5.10 Å². The summed E-state index contributed by atoms with van der Waals surface area (Å²) in [6, 6.07) is 6.61. The Morgan fingerprint density at radius 2 is 1.79 bits per heavy atom. The molecule has 2 aromatic heterocycles. The number of rotatable bonds is 6. The number of ether oxygens (including phenoxy) is 1. The minimum Gasteiger partial charge on any atom is -0.426 e. The minimum atomic E-state index is -0.710. The molecule has 4 bridgehead atoms. The van der Waals surface area contributed by atoms with Crippen LogP contribution in [0.3, 0.4) is 0 Å². The molecule has 0 radical (unpaired) electrons. The van der Waals surface area contributed by atoms with E-state index in [0.717, 1.165) is 33.7 Å². The normalized spacial score (nSPS) is 26.9. The summed E-state index contributed by atoms with van der Waals surface area (Å²) in [7, 11) is 0. The highest BCUT2D eigenvalue weighted by Crippen LogP contribution is 2.56. The molecule has 2 amide bonds. The first kappa shape index (κ1) is 23.3. The van der Waals surface area contributed by atoms with E-state index in [-0.39, 0.29) is 36.0 Å². The lowest BCUT2D eigenvalue weighted by Gasteiger charge is -2.54. The summed E-state index contributed by atoms with van der Waals surface area (Å²) in [6.45, 7) is 0.746. The number of fused-ring (bicyclic) bond motifs is 2. The van der Waals surface area contributed by atoms with Gasteiger partial charge in [0.05, 0.1) is 12.6 Å². The van der Waals surface area contributed by atoms with Crippen LogP contribution in [-0.4, -0.2) is 38.9 Å². The first-order chi connectivity index (χ1) is 18.4. The molecule has 4 aliphatic carbocycles. The highest BCUT2D eigenvalue weighted by molar-refractivity contribution is 5.98. The van der Waals surface area contributed by atoms with E-state index in [1.165, 1.54) is 38.2 Å². The number of hydrogen-bond acceptors (Lipinski definition) is 6. The number of hydrogen-bond donors (Lipinski definition) is 2. The van der Waals surface area contributed by atoms with Crippen LogP contribution in [0.4, 0.5) is 4.39 Å². The summed E-state index contributed by atoms with van der Waals surface area (Å²) in [5, 5.41) is 9.81. The zero-order valence-corrected chi connectivity index (χ0v) is 20.8. The first-order valence-electron chi connectivity index (χ1n) is 13.3. The molecule has 10 heteroatoms. The van der Waals surface area contributed by atoms with Gasteiger partial charge in [0, 0.05) is 24.7 Å². The molecule has 1 aliphatic heterocycles. The quantitative estimate of drug-likeness (QED) is 0.384. The summed E-state index contributed by atoms with van der Waals surface area (Å²) < 4.78 is 20.7. The van der Waals surface area contributed by atoms with Gasteiger partial charge in [0.25, 0.3) is 11.8 Å². The topological polar surface area (TPSA) is 115 Å². The number of carbonyl (C=O) groups excluding carboxylic acids is 3. The molecular weight excluding hydrogens is 489 g/mol. The van der Waals surface area contributed by atoms with Gasteiger partial charge in [-0.05, 0) is 79.4 Å². The van der Waals surface area contributed by atoms with Crippen molar-refractivity contribution < 1.29 is 23.5 Å². The van der Waals surface area contributed by atoms with Gasteiger partial charge in [-0.1, -0.05) is 6.07 Å². The van der Waals surface area contributed by atoms with Crippen LogP contribution >= 0.6 is 0 Å². The Labute approximate surface area is 218 Å². The van der Waals surface area contributed by atoms with Crippen LogP contribution in [-0.2, 0) is 17.8 Å². The molecule has 0 atom stereocenters. The maximum Gasteiger partial charge on any atom is 0.315 e. The number of amides is 2. The average Bonchev–Trinajstić information content (AvgIpc) is 3.46. The molecule has 3 aromatic rings. The third kappa shape index (κ3) is 4.02. The Bertz CT molecular complexity index is 1460. The van der Waals surface area contributed by atoms with E-state index < -0.39 is 17.6 Å². The second-order valence-corrected chi connectivity index (χ2v) is 11.3. The Balaban J connectivity index is 1.07. The van der Waals surface area contributed by atoms with Gasteiger partial charge in [-0.3, -0.25) is 14.4 Å². The number of nitrogens with one attached hydrogen (secondary N) is 2. The van der Waals surface area contributed by atoms with Crippen molar-refractivity contribution in [3.8, 4) is 5.75 Å². The third-order valence-electron chi connectivity index (χ3n) is 8.95. The molecule has 3 heterocycles. The van der Waals surface area contributed by atoms with Gasteiger partial charge in [-0.25, -0.2) is 13.9 Å². The van der Waals surface area contributed by atoms with Gasteiger partial charge < -0.3 is 15.4 Å². The number of aromatic nitrogens is 3. The fourth-order valence-electron chi connectivity index (χ4n) is 7.45. The van der Waals surface area contributed by atoms with E-state index >= 15 is 0 Å². The van der Waals surface area contributed by atoms with E-state index in [4.69, 9.17) is 4.74 Å². The molecule has 1 aromatic carbocycles. The molecule has 5 aliphatic rings. The monoisotopic (exact) mass is 517 g/mol. The number of carbonyl (C=O) groups is 3. The second-order valence-electron chi connectivity index (χ2n) is 11.3. The van der Waals surface area contributed by atoms with Crippen molar-refractivity contribution in [2.75, 3.05) is 6.54 Å². The molecule has 8 rings (SSSR count). The molecule has 0 saturated heterocycles. The van der Waals surface area contributed by atoms with Crippen molar-refractivity contribution in [3.63, 3.8) is 0 Å². The summed E-state index contributed by atoms with van der Waals surface area (Å²) in [5.41, 5.74) is 1.37. The fourth-order valence-corrected chi connectivity index (χ4v) is 7.45. The smallest absolute Gasteiger partial charge is 0.315 e. The zero-order valence-electron chi connectivity index (χ0n) is 20.8. The lowest BCUT2D eigenvalue weighted by Crippen LogP contribution is -2.49. The van der Waals surface area contributed by atoms with Gasteiger partial charge in [0.2, 0.25) is 0 Å². The highest BCUT2D eigenvalue weighted by atomic mass is 19.1. The maximum absolute atomic E-state index is 14.5. The molecule has 0 spiro atoms. The van der Waals surface area contributed by atoms with Crippen molar-refractivity contribution in [3.05, 3.63) is 58.8 Å². The van der Waals surface area contributed by atoms with Crippen LogP contribution in [0.25, 0.3) is 5.65 Å². The lowest BCUT2D eigenvalue weighted by atomic mass is 9.52. The predicted octanol–water partition coefficient (Wildman–Crippen LogP) is 3.06. The highest BCUT2D eigenvalue weighted by Gasteiger charge is 2.48. The minimum absolute atomic E-state index is 0.0704. The largest absolute Gasteiger partial charge is 0.426 e. The van der Waals surface area contributed by atoms with Crippen molar-refractivity contribution in [2.24, 2.45) is 29.6 Å². The van der Waals surface area contributed by atoms with E-state index in [2.05, 4.69) is 20.7 Å². The molecule has 2 N–H and O–H groups in total. The molecular formula is C28H28FN5O4. The fraction of sp³-hybridized carbons (Fsp3) is 0.464. The van der Waals surface area contributed by atoms with Crippen molar-refractivity contribution in [2.45, 2.75) is 45.1 Å². The van der Waals surface area contributed by atoms with Crippen LogP contribution < -0.4 is 15.4 Å². The Morgan fingerprint density at radius 3 is 2.55 bits per heavy atom. The van der Waals surface area contributed by atoms with E-state index in [0.29, 0.717) is 30.0 Å². The molecule has 9 nitrogen and oxygen atoms in total. The van der Waals surface area contributed by atoms with E-state index in [1.54, 1.807) is 18.2 Å². The number of halogens is 1. The van der Waals surface area contributed by atoms with Gasteiger partial charge in [-0.15, -0.1) is 0 Å². The van der Waals surface area contributed by atoms with Crippen LogP contribution in [0.2, 0.25) is 0 Å². The number of benzene rings is 1. The van der Waals surface area contributed by atoms with Gasteiger partial charge in [0.1, 0.15) is 17.1 Å². The van der Waals surface area contributed by atoms with Crippen molar-refractivity contribution in [1.82, 2.24) is 25.2 Å². The molecule has 196 valence electrons. The summed E-state index contributed by atoms with van der Waals surface area (Å²) in [4.78, 5) is 41.9. The number of esters is 1.